The Bertz CT molecular complexity index is 670. The fourth-order valence-electron chi connectivity index (χ4n) is 3.33. The smallest absolute Gasteiger partial charge is 0.312 e. The fourth-order valence-corrected chi connectivity index (χ4v) is 3.33. The molecule has 1 unspecified atom stereocenters. The second-order valence-electron chi connectivity index (χ2n) is 6.29. The third-order valence-corrected chi connectivity index (χ3v) is 4.41. The lowest BCUT2D eigenvalue weighted by Gasteiger charge is -2.38. The molecule has 1 aliphatic heterocycles. The highest BCUT2D eigenvalue weighted by molar-refractivity contribution is 5.35. The third kappa shape index (κ3) is 3.79. The Morgan fingerprint density at radius 2 is 1.75 bits per heavy atom. The fraction of sp³-hybridized carbons (Fsp3) is 0.368. The number of hydrogen-bond donors (Lipinski definition) is 1. The van der Waals surface area contributed by atoms with E-state index in [2.05, 4.69) is 17.1 Å². The second kappa shape index (κ2) is 6.95. The van der Waals surface area contributed by atoms with E-state index in [9.17, 15) is 13.2 Å². The molecule has 1 heterocycles. The van der Waals surface area contributed by atoms with E-state index >= 15 is 0 Å². The van der Waals surface area contributed by atoms with Crippen LogP contribution < -0.4 is 5.32 Å². The van der Waals surface area contributed by atoms with Gasteiger partial charge in [-0.2, -0.15) is 13.2 Å². The Kier molecular flexibility index (Phi) is 4.92. The van der Waals surface area contributed by atoms with Gasteiger partial charge >= 0.3 is 6.18 Å². The Morgan fingerprint density at radius 1 is 1.04 bits per heavy atom. The van der Waals surface area contributed by atoms with Gasteiger partial charge in [0.05, 0.1) is 11.6 Å². The Morgan fingerprint density at radius 3 is 2.42 bits per heavy atom. The molecule has 2 nitrogen and oxygen atoms in total. The minimum atomic E-state index is -4.33. The number of benzene rings is 2. The minimum Gasteiger partial charge on any atom is -0.312 e. The molecule has 2 atom stereocenters. The number of rotatable bonds is 3. The highest BCUT2D eigenvalue weighted by atomic mass is 19.4. The molecule has 1 aliphatic rings. The molecule has 2 aromatic carbocycles. The number of halogens is 3. The average molecular weight is 334 g/mol. The van der Waals surface area contributed by atoms with E-state index in [1.807, 2.05) is 30.3 Å². The van der Waals surface area contributed by atoms with Crippen molar-refractivity contribution in [1.82, 2.24) is 10.2 Å². The number of nitrogens with one attached hydrogen (secondary N) is 1. The van der Waals surface area contributed by atoms with Crippen LogP contribution in [0.2, 0.25) is 0 Å². The normalized spacial score (nSPS) is 20.8. The van der Waals surface area contributed by atoms with E-state index in [1.165, 1.54) is 12.1 Å². The van der Waals surface area contributed by atoms with Gasteiger partial charge in [-0.15, -0.1) is 0 Å². The molecule has 0 aliphatic carbocycles. The summed E-state index contributed by atoms with van der Waals surface area (Å²) in [5.74, 6) is 0. The van der Waals surface area contributed by atoms with Gasteiger partial charge in [-0.25, -0.2) is 0 Å². The Balaban J connectivity index is 2.02. The van der Waals surface area contributed by atoms with E-state index in [4.69, 9.17) is 0 Å². The molecular weight excluding hydrogens is 313 g/mol. The number of nitrogens with zero attached hydrogens (tertiary/aromatic N) is 1. The van der Waals surface area contributed by atoms with Crippen LogP contribution in [0.25, 0.3) is 0 Å². The summed E-state index contributed by atoms with van der Waals surface area (Å²) in [6.07, 6.45) is -4.33. The van der Waals surface area contributed by atoms with Gasteiger partial charge in [0.15, 0.2) is 0 Å². The first-order valence-corrected chi connectivity index (χ1v) is 8.14. The quantitative estimate of drug-likeness (QED) is 0.909. The Labute approximate surface area is 140 Å². The van der Waals surface area contributed by atoms with E-state index in [-0.39, 0.29) is 6.04 Å². The summed E-state index contributed by atoms with van der Waals surface area (Å²) < 4.78 is 39.3. The molecule has 3 rings (SSSR count). The van der Waals surface area contributed by atoms with Crippen molar-refractivity contribution in [3.63, 3.8) is 0 Å². The van der Waals surface area contributed by atoms with Gasteiger partial charge in [-0.3, -0.25) is 4.90 Å². The largest absolute Gasteiger partial charge is 0.416 e. The van der Waals surface area contributed by atoms with E-state index in [0.29, 0.717) is 11.6 Å². The molecule has 1 saturated heterocycles. The lowest BCUT2D eigenvalue weighted by molar-refractivity contribution is -0.137. The number of piperazine rings is 1. The summed E-state index contributed by atoms with van der Waals surface area (Å²) in [6, 6.07) is 15.6. The predicted octanol–water partition coefficient (Wildman–Crippen LogP) is 4.09. The van der Waals surface area contributed by atoms with Crippen molar-refractivity contribution in [2.45, 2.75) is 25.2 Å². The van der Waals surface area contributed by atoms with E-state index in [1.54, 1.807) is 6.07 Å². The molecule has 1 N–H and O–H groups in total. The maximum atomic E-state index is 13.1. The lowest BCUT2D eigenvalue weighted by Crippen LogP contribution is -2.50. The topological polar surface area (TPSA) is 15.3 Å². The van der Waals surface area contributed by atoms with Crippen molar-refractivity contribution in [1.29, 1.82) is 0 Å². The molecule has 24 heavy (non-hydrogen) atoms. The zero-order valence-electron chi connectivity index (χ0n) is 13.6. The SMILES string of the molecule is C[C@@H]1CN(C(c2ccccc2)c2cccc(C(F)(F)F)c2)CCN1. The molecule has 0 amide bonds. The van der Waals surface area contributed by atoms with E-state index in [0.717, 1.165) is 31.3 Å². The van der Waals surface area contributed by atoms with Crippen LogP contribution >= 0.6 is 0 Å². The summed E-state index contributed by atoms with van der Waals surface area (Å²) in [5.41, 5.74) is 1.11. The summed E-state index contributed by atoms with van der Waals surface area (Å²) >= 11 is 0. The third-order valence-electron chi connectivity index (χ3n) is 4.41. The van der Waals surface area contributed by atoms with Crippen molar-refractivity contribution >= 4 is 0 Å². The maximum absolute atomic E-state index is 13.1. The number of hydrogen-bond acceptors (Lipinski definition) is 2. The van der Waals surface area contributed by atoms with Crippen LogP contribution in [0.15, 0.2) is 54.6 Å². The molecule has 0 bridgehead atoms. The standard InChI is InChI=1S/C19H21F3N2/c1-14-13-24(11-10-23-14)18(15-6-3-2-4-7-15)16-8-5-9-17(12-16)19(20,21)22/h2-9,12,14,18,23H,10-11,13H2,1H3/t14-,18?/m1/s1. The van der Waals surface area contributed by atoms with Gasteiger partial charge in [0.25, 0.3) is 0 Å². The van der Waals surface area contributed by atoms with Gasteiger partial charge in [-0.05, 0) is 30.2 Å². The molecule has 2 aromatic rings. The monoisotopic (exact) mass is 334 g/mol. The van der Waals surface area contributed by atoms with Crippen molar-refractivity contribution in [3.8, 4) is 0 Å². The molecule has 1 fully saturated rings. The molecule has 0 spiro atoms. The van der Waals surface area contributed by atoms with Gasteiger partial charge in [0.1, 0.15) is 0 Å². The minimum absolute atomic E-state index is 0.168. The summed E-state index contributed by atoms with van der Waals surface area (Å²) in [6.45, 7) is 4.54. The van der Waals surface area contributed by atoms with Crippen LogP contribution in [-0.4, -0.2) is 30.6 Å². The molecule has 0 aromatic heterocycles. The van der Waals surface area contributed by atoms with Gasteiger partial charge in [0.2, 0.25) is 0 Å². The van der Waals surface area contributed by atoms with Gasteiger partial charge < -0.3 is 5.32 Å². The van der Waals surface area contributed by atoms with E-state index < -0.39 is 11.7 Å². The van der Waals surface area contributed by atoms with Gasteiger partial charge in [0, 0.05) is 25.7 Å². The maximum Gasteiger partial charge on any atom is 0.416 e. The van der Waals surface area contributed by atoms with Crippen molar-refractivity contribution in [2.75, 3.05) is 19.6 Å². The predicted molar refractivity (Wildman–Crippen MR) is 88.8 cm³/mol. The van der Waals surface area contributed by atoms with Crippen molar-refractivity contribution in [3.05, 3.63) is 71.3 Å². The van der Waals surface area contributed by atoms with Crippen LogP contribution in [0.1, 0.15) is 29.7 Å². The molecular formula is C19H21F3N2. The van der Waals surface area contributed by atoms with Crippen LogP contribution in [0.4, 0.5) is 13.2 Å². The second-order valence-corrected chi connectivity index (χ2v) is 6.29. The highest BCUT2D eigenvalue weighted by Gasteiger charge is 2.32. The van der Waals surface area contributed by atoms with Gasteiger partial charge in [-0.1, -0.05) is 42.5 Å². The van der Waals surface area contributed by atoms with Crippen molar-refractivity contribution < 1.29 is 13.2 Å². The molecule has 5 heteroatoms. The first-order chi connectivity index (χ1) is 11.4. The van der Waals surface area contributed by atoms with Crippen LogP contribution in [0, 0.1) is 0 Å². The Hall–Kier alpha value is -1.85. The van der Waals surface area contributed by atoms with Crippen LogP contribution in [0.3, 0.4) is 0 Å². The van der Waals surface area contributed by atoms with Crippen LogP contribution in [-0.2, 0) is 6.18 Å². The zero-order chi connectivity index (χ0) is 17.2. The highest BCUT2D eigenvalue weighted by Crippen LogP contribution is 2.34. The lowest BCUT2D eigenvalue weighted by atomic mass is 9.94. The summed E-state index contributed by atoms with van der Waals surface area (Å²) in [7, 11) is 0. The molecule has 0 saturated carbocycles. The average Bonchev–Trinajstić information content (AvgIpc) is 2.56. The zero-order valence-corrected chi connectivity index (χ0v) is 13.6. The summed E-state index contributed by atoms with van der Waals surface area (Å²) in [4.78, 5) is 2.26. The first-order valence-electron chi connectivity index (χ1n) is 8.14. The summed E-state index contributed by atoms with van der Waals surface area (Å²) in [5, 5.41) is 3.38. The molecule has 128 valence electrons. The van der Waals surface area contributed by atoms with Crippen LogP contribution in [0.5, 0.6) is 0 Å². The first kappa shape index (κ1) is 17.0. The number of alkyl halides is 3. The molecule has 0 radical (unpaired) electrons. The van der Waals surface area contributed by atoms with Crippen molar-refractivity contribution in [2.24, 2.45) is 0 Å².